The van der Waals surface area contributed by atoms with Crippen molar-refractivity contribution in [3.8, 4) is 5.75 Å². The molecule has 0 fully saturated rings. The number of hydrogen-bond donors (Lipinski definition) is 0. The predicted octanol–water partition coefficient (Wildman–Crippen LogP) is 2.93. The van der Waals surface area contributed by atoms with Crippen molar-refractivity contribution in [2.45, 2.75) is 19.9 Å². The first-order chi connectivity index (χ1) is 11.3. The van der Waals surface area contributed by atoms with Crippen molar-refractivity contribution < 1.29 is 4.74 Å². The monoisotopic (exact) mass is 308 g/mol. The van der Waals surface area contributed by atoms with E-state index in [1.165, 1.54) is 11.1 Å². The van der Waals surface area contributed by atoms with Crippen molar-refractivity contribution >= 4 is 17.0 Å². The third-order valence-corrected chi connectivity index (χ3v) is 4.44. The second-order valence-electron chi connectivity index (χ2n) is 5.87. The lowest BCUT2D eigenvalue weighted by Gasteiger charge is -2.30. The Kier molecular flexibility index (Phi) is 3.41. The van der Waals surface area contributed by atoms with Crippen LogP contribution in [-0.4, -0.2) is 27.7 Å². The van der Waals surface area contributed by atoms with E-state index in [-0.39, 0.29) is 0 Å². The molecule has 0 saturated carbocycles. The zero-order valence-corrected chi connectivity index (χ0v) is 13.5. The minimum Gasteiger partial charge on any atom is -0.494 e. The summed E-state index contributed by atoms with van der Waals surface area (Å²) in [5, 5.41) is 0. The smallest absolute Gasteiger partial charge is 0.206 e. The van der Waals surface area contributed by atoms with Crippen LogP contribution in [0.25, 0.3) is 11.0 Å². The number of imidazole rings is 1. The van der Waals surface area contributed by atoms with Crippen LogP contribution in [0.15, 0.2) is 36.7 Å². The van der Waals surface area contributed by atoms with Gasteiger partial charge in [0.1, 0.15) is 5.75 Å². The molecular formula is C18H20N4O. The van der Waals surface area contributed by atoms with Gasteiger partial charge in [-0.15, -0.1) is 0 Å². The van der Waals surface area contributed by atoms with Gasteiger partial charge in [0.05, 0.1) is 23.8 Å². The number of nitrogens with zero attached hydrogens (tertiary/aromatic N) is 4. The van der Waals surface area contributed by atoms with E-state index in [1.807, 2.05) is 19.2 Å². The zero-order valence-electron chi connectivity index (χ0n) is 13.5. The van der Waals surface area contributed by atoms with E-state index < -0.39 is 0 Å². The maximum atomic E-state index is 5.61. The summed E-state index contributed by atoms with van der Waals surface area (Å²) in [6.45, 7) is 4.57. The average molecular weight is 308 g/mol. The van der Waals surface area contributed by atoms with Crippen LogP contribution in [0.2, 0.25) is 0 Å². The third-order valence-electron chi connectivity index (χ3n) is 4.44. The summed E-state index contributed by atoms with van der Waals surface area (Å²) in [6, 6.07) is 8.38. The molecule has 3 heterocycles. The fraction of sp³-hybridized carbons (Fsp3) is 0.333. The zero-order chi connectivity index (χ0) is 15.8. The first kappa shape index (κ1) is 14.1. The number of hydrogen-bond acceptors (Lipinski definition) is 4. The van der Waals surface area contributed by atoms with Crippen LogP contribution in [0.4, 0.5) is 5.95 Å². The van der Waals surface area contributed by atoms with Gasteiger partial charge in [0, 0.05) is 26.3 Å². The molecule has 0 aliphatic carbocycles. The Morgan fingerprint density at radius 1 is 1.22 bits per heavy atom. The predicted molar refractivity (Wildman–Crippen MR) is 90.9 cm³/mol. The summed E-state index contributed by atoms with van der Waals surface area (Å²) in [4.78, 5) is 11.3. The molecule has 1 aliphatic heterocycles. The van der Waals surface area contributed by atoms with E-state index in [4.69, 9.17) is 9.72 Å². The van der Waals surface area contributed by atoms with E-state index in [0.29, 0.717) is 6.61 Å². The highest BCUT2D eigenvalue weighted by molar-refractivity contribution is 5.77. The maximum Gasteiger partial charge on any atom is 0.206 e. The van der Waals surface area contributed by atoms with Crippen LogP contribution >= 0.6 is 0 Å². The number of aromatic nitrogens is 3. The van der Waals surface area contributed by atoms with Gasteiger partial charge in [0.15, 0.2) is 0 Å². The van der Waals surface area contributed by atoms with Gasteiger partial charge in [-0.3, -0.25) is 4.98 Å². The molecule has 0 atom stereocenters. The Labute approximate surface area is 135 Å². The highest BCUT2D eigenvalue weighted by atomic mass is 16.5. The number of benzene rings is 1. The minimum atomic E-state index is 0.707. The number of anilines is 1. The standard InChI is InChI=1S/C18H20N4O/c1-3-23-15-5-4-14-12-22(9-7-13(14)10-15)18-20-16-6-8-19-11-17(16)21(18)2/h4-6,8,10-11H,3,7,9,12H2,1-2H3. The molecule has 1 aliphatic rings. The maximum absolute atomic E-state index is 5.61. The number of fused-ring (bicyclic) bond motifs is 2. The van der Waals surface area contributed by atoms with Crippen molar-refractivity contribution in [1.29, 1.82) is 0 Å². The van der Waals surface area contributed by atoms with Gasteiger partial charge in [0.2, 0.25) is 5.95 Å². The van der Waals surface area contributed by atoms with Crippen molar-refractivity contribution in [3.63, 3.8) is 0 Å². The van der Waals surface area contributed by atoms with Gasteiger partial charge in [-0.2, -0.15) is 0 Å². The summed E-state index contributed by atoms with van der Waals surface area (Å²) < 4.78 is 7.73. The number of rotatable bonds is 3. The normalized spacial score (nSPS) is 14.1. The van der Waals surface area contributed by atoms with E-state index in [1.54, 1.807) is 6.20 Å². The Bertz CT molecular complexity index is 855. The molecule has 0 bridgehead atoms. The summed E-state index contributed by atoms with van der Waals surface area (Å²) in [7, 11) is 2.06. The molecule has 0 saturated heterocycles. The lowest BCUT2D eigenvalue weighted by atomic mass is 10.00. The molecule has 0 amide bonds. The molecule has 2 aromatic heterocycles. The molecular weight excluding hydrogens is 288 g/mol. The quantitative estimate of drug-likeness (QED) is 0.746. The van der Waals surface area contributed by atoms with E-state index >= 15 is 0 Å². The molecule has 5 heteroatoms. The van der Waals surface area contributed by atoms with Crippen molar-refractivity contribution in [3.05, 3.63) is 47.8 Å². The molecule has 0 N–H and O–H groups in total. The first-order valence-corrected chi connectivity index (χ1v) is 8.02. The van der Waals surface area contributed by atoms with Crippen LogP contribution < -0.4 is 9.64 Å². The van der Waals surface area contributed by atoms with Gasteiger partial charge in [-0.05, 0) is 42.7 Å². The van der Waals surface area contributed by atoms with Crippen molar-refractivity contribution in [1.82, 2.24) is 14.5 Å². The Hall–Kier alpha value is -2.56. The van der Waals surface area contributed by atoms with Crippen molar-refractivity contribution in [2.75, 3.05) is 18.1 Å². The minimum absolute atomic E-state index is 0.707. The number of aryl methyl sites for hydroxylation is 1. The van der Waals surface area contributed by atoms with E-state index in [9.17, 15) is 0 Å². The first-order valence-electron chi connectivity index (χ1n) is 8.02. The Balaban J connectivity index is 1.65. The highest BCUT2D eigenvalue weighted by Crippen LogP contribution is 2.28. The SMILES string of the molecule is CCOc1ccc2c(c1)CCN(c1nc3ccncc3n1C)C2. The van der Waals surface area contributed by atoms with Gasteiger partial charge < -0.3 is 14.2 Å². The molecule has 118 valence electrons. The molecule has 1 aromatic carbocycles. The second-order valence-corrected chi connectivity index (χ2v) is 5.87. The molecule has 23 heavy (non-hydrogen) atoms. The Morgan fingerprint density at radius 2 is 2.13 bits per heavy atom. The van der Waals surface area contributed by atoms with Crippen molar-refractivity contribution in [2.24, 2.45) is 7.05 Å². The molecule has 4 rings (SSSR count). The molecule has 0 radical (unpaired) electrons. The molecule has 0 spiro atoms. The fourth-order valence-corrected chi connectivity index (χ4v) is 3.26. The van der Waals surface area contributed by atoms with Crippen LogP contribution in [0, 0.1) is 0 Å². The van der Waals surface area contributed by atoms with Crippen LogP contribution in [0.3, 0.4) is 0 Å². The van der Waals surface area contributed by atoms with E-state index in [0.717, 1.165) is 42.2 Å². The van der Waals surface area contributed by atoms with E-state index in [2.05, 4.69) is 39.7 Å². The highest BCUT2D eigenvalue weighted by Gasteiger charge is 2.21. The lowest BCUT2D eigenvalue weighted by molar-refractivity contribution is 0.339. The third kappa shape index (κ3) is 2.42. The number of ether oxygens (including phenoxy) is 1. The van der Waals surface area contributed by atoms with Crippen LogP contribution in [-0.2, 0) is 20.0 Å². The average Bonchev–Trinajstić information content (AvgIpc) is 2.92. The second kappa shape index (κ2) is 5.57. The van der Waals surface area contributed by atoms with Crippen LogP contribution in [0.1, 0.15) is 18.1 Å². The largest absolute Gasteiger partial charge is 0.494 e. The summed E-state index contributed by atoms with van der Waals surface area (Å²) in [5.74, 6) is 1.97. The fourth-order valence-electron chi connectivity index (χ4n) is 3.26. The van der Waals surface area contributed by atoms with Gasteiger partial charge in [-0.25, -0.2) is 4.98 Å². The molecule has 3 aromatic rings. The Morgan fingerprint density at radius 3 is 2.96 bits per heavy atom. The van der Waals surface area contributed by atoms with Gasteiger partial charge in [-0.1, -0.05) is 6.07 Å². The topological polar surface area (TPSA) is 43.2 Å². The molecule has 5 nitrogen and oxygen atoms in total. The summed E-state index contributed by atoms with van der Waals surface area (Å²) in [6.07, 6.45) is 4.68. The lowest BCUT2D eigenvalue weighted by Crippen LogP contribution is -2.32. The molecule has 0 unspecified atom stereocenters. The van der Waals surface area contributed by atoms with Gasteiger partial charge >= 0.3 is 0 Å². The number of pyridine rings is 1. The van der Waals surface area contributed by atoms with Gasteiger partial charge in [0.25, 0.3) is 0 Å². The van der Waals surface area contributed by atoms with Crippen LogP contribution in [0.5, 0.6) is 5.75 Å². The summed E-state index contributed by atoms with van der Waals surface area (Å²) >= 11 is 0. The summed E-state index contributed by atoms with van der Waals surface area (Å²) in [5.41, 5.74) is 4.80.